The third-order valence-electron chi connectivity index (χ3n) is 21.0. The number of nitrogens with two attached hydrogens (primary N) is 5. The van der Waals surface area contributed by atoms with E-state index in [9.17, 15) is 39.1 Å². The summed E-state index contributed by atoms with van der Waals surface area (Å²) in [6.45, 7) is -9.61. The van der Waals surface area contributed by atoms with Gasteiger partial charge in [-0.15, -0.1) is 0 Å². The highest BCUT2D eigenvalue weighted by molar-refractivity contribution is 8.07. The molecule has 7 aliphatic rings. The molecule has 0 spiro atoms. The fourth-order valence-corrected chi connectivity index (χ4v) is 20.5. The molecule has 25 unspecified atom stereocenters. The number of rotatable bonds is 34. The molecule has 7 aliphatic heterocycles. The third-order valence-corrected chi connectivity index (χ3v) is 26.6. The van der Waals surface area contributed by atoms with E-state index < -0.39 is 199 Å². The highest BCUT2D eigenvalue weighted by Gasteiger charge is 2.71. The maximum Gasteiger partial charge on any atom is 0.472 e. The van der Waals surface area contributed by atoms with Gasteiger partial charge in [0.1, 0.15) is 114 Å². The summed E-state index contributed by atoms with van der Waals surface area (Å²) in [5.41, 5.74) is 25.0. The zero-order chi connectivity index (χ0) is 83.3. The summed E-state index contributed by atoms with van der Waals surface area (Å²) in [4.78, 5) is 134. The first-order chi connectivity index (χ1) is 55.6. The van der Waals surface area contributed by atoms with Gasteiger partial charge in [-0.2, -0.15) is 15.0 Å². The van der Waals surface area contributed by atoms with Crippen LogP contribution in [-0.4, -0.2) is 266 Å². The van der Waals surface area contributed by atoms with E-state index in [1.165, 1.54) is 74.9 Å². The first-order valence-corrected chi connectivity index (χ1v) is 45.3. The Labute approximate surface area is 675 Å². The average molecular weight is 1780 g/mol. The number of nitrogen functional groups attached to an aromatic ring is 5. The van der Waals surface area contributed by atoms with Gasteiger partial charge in [0.25, 0.3) is 5.56 Å². The van der Waals surface area contributed by atoms with Crippen molar-refractivity contribution in [2.75, 3.05) is 95.7 Å². The minimum Gasteiger partial charge on any atom is -0.387 e. The fraction of sp³-hybridized carbons (Fsp3) is 0.623. The van der Waals surface area contributed by atoms with Crippen LogP contribution >= 0.6 is 28.0 Å². The lowest BCUT2D eigenvalue weighted by molar-refractivity contribution is -0.218. The van der Waals surface area contributed by atoms with Gasteiger partial charge in [0.15, 0.2) is 59.0 Å². The van der Waals surface area contributed by atoms with Crippen molar-refractivity contribution < 1.29 is 118 Å². The quantitative estimate of drug-likeness (QED) is 0.0174. The molecule has 7 fully saturated rings. The van der Waals surface area contributed by atoms with Crippen molar-refractivity contribution in [3.63, 3.8) is 0 Å². The Morgan fingerprint density at radius 3 is 1.64 bits per heavy atom. The van der Waals surface area contributed by atoms with Gasteiger partial charge in [0.2, 0.25) is 5.95 Å². The van der Waals surface area contributed by atoms with Crippen molar-refractivity contribution in [2.24, 2.45) is 0 Å². The summed E-state index contributed by atoms with van der Waals surface area (Å²) in [6.07, 6.45) is -15.9. The highest BCUT2D eigenvalue weighted by Crippen LogP contribution is 2.63. The number of aromatic nitrogens is 16. The molecule has 15 heterocycles. The van der Waals surface area contributed by atoms with Crippen molar-refractivity contribution in [3.8, 4) is 0 Å². The molecule has 15 rings (SSSR count). The molecule has 117 heavy (non-hydrogen) atoms. The molecule has 7 saturated heterocycles. The molecule has 0 amide bonds. The van der Waals surface area contributed by atoms with E-state index in [0.29, 0.717) is 28.7 Å². The number of aromatic amines is 1. The zero-order valence-electron chi connectivity index (χ0n) is 62.8. The molecular weight excluding hydrogens is 1690 g/mol. The number of aliphatic hydroxyl groups excluding tert-OH is 1. The van der Waals surface area contributed by atoms with Gasteiger partial charge in [-0.3, -0.25) is 50.7 Å². The zero-order valence-corrected chi connectivity index (χ0v) is 68.8. The smallest absolute Gasteiger partial charge is 0.387 e. The summed E-state index contributed by atoms with van der Waals surface area (Å²) < 4.78 is 140. The second kappa shape index (κ2) is 33.3. The van der Waals surface area contributed by atoms with E-state index in [1.54, 1.807) is 18.4 Å². The number of phosphoric ester groups is 1. The number of imidazole rings is 3. The summed E-state index contributed by atoms with van der Waals surface area (Å²) in [7, 11) is -2.82. The Morgan fingerprint density at radius 1 is 0.547 bits per heavy atom. The van der Waals surface area contributed by atoms with Crippen LogP contribution in [-0.2, 0) is 128 Å². The molecule has 56 heteroatoms. The lowest BCUT2D eigenvalue weighted by Gasteiger charge is -2.38. The van der Waals surface area contributed by atoms with Crippen molar-refractivity contribution in [1.29, 1.82) is 0 Å². The number of H-pyrrole nitrogens is 1. The topological polar surface area (TPSA) is 644 Å². The summed E-state index contributed by atoms with van der Waals surface area (Å²) in [6, 6.07) is 0. The largest absolute Gasteiger partial charge is 0.472 e. The first kappa shape index (κ1) is 85.4. The number of fused-ring (bicyclic) bond motifs is 7. The average Bonchev–Trinajstić information content (AvgIpc) is 1.55. The predicted octanol–water partition coefficient (Wildman–Crippen LogP) is -0.775. The monoisotopic (exact) mass is 1780 g/mol. The van der Waals surface area contributed by atoms with Gasteiger partial charge in [0.05, 0.1) is 96.3 Å². The number of methoxy groups -OCH3 is 2. The van der Waals surface area contributed by atoms with Gasteiger partial charge >= 0.3 is 39.4 Å². The third kappa shape index (κ3) is 16.5. The van der Waals surface area contributed by atoms with Crippen LogP contribution in [0.15, 0.2) is 58.4 Å². The van der Waals surface area contributed by atoms with E-state index in [1.807, 2.05) is 6.92 Å². The summed E-state index contributed by atoms with van der Waals surface area (Å²) in [5, 5.41) is 11.8. The minimum atomic E-state index is -5.64. The van der Waals surface area contributed by atoms with E-state index in [2.05, 4.69) is 54.8 Å². The Morgan fingerprint density at radius 2 is 1.04 bits per heavy atom. The Hall–Kier alpha value is -6.57. The maximum atomic E-state index is 15.2. The van der Waals surface area contributed by atoms with Crippen molar-refractivity contribution in [2.45, 2.75) is 175 Å². The van der Waals surface area contributed by atoms with Crippen LogP contribution in [0.4, 0.5) is 29.2 Å². The Balaban J connectivity index is 0.706. The van der Waals surface area contributed by atoms with Crippen LogP contribution < -0.4 is 45.6 Å². The van der Waals surface area contributed by atoms with E-state index in [0.717, 1.165) is 15.5 Å². The summed E-state index contributed by atoms with van der Waals surface area (Å²) in [5.74, 6) is -0.373. The van der Waals surface area contributed by atoms with Crippen LogP contribution in [0.5, 0.6) is 0 Å². The first-order valence-electron chi connectivity index (χ1n) is 36.0. The van der Waals surface area contributed by atoms with Gasteiger partial charge in [0, 0.05) is 44.2 Å². The molecule has 8 aromatic rings. The predicted molar refractivity (Wildman–Crippen MR) is 410 cm³/mol. The molecule has 0 aromatic carbocycles. The normalized spacial score (nSPS) is 32.9. The molecule has 49 nitrogen and oxygen atoms in total. The molecule has 0 aliphatic carbocycles. The number of ether oxygens (including phenoxy) is 11. The van der Waals surface area contributed by atoms with Crippen molar-refractivity contribution >= 4 is 126 Å². The SMILES string of the molecule is CCC1OC(n2cnc3c(N)ncnc32)CC1OP(O)(=S)OCC12OC(n3cc(C)c(N)nc3=O)C(OC1C)C2OP(=O)(O)OCC12OC(n3cnc4c(N)ncnc43)C(OC1C)C2OP(O)(=S)OCC1OC(n2cnc3c(=O)[nH]c(N)nc32)C(OCCOC)C1OP(O)(=S)OCC1OC(n2cc(C)c(N)nc2=O)C(OCCOC)C1O. The fourth-order valence-electron chi connectivity index (χ4n) is 15.1. The maximum absolute atomic E-state index is 15.2. The van der Waals surface area contributed by atoms with Crippen LogP contribution in [0, 0.1) is 13.8 Å². The summed E-state index contributed by atoms with van der Waals surface area (Å²) >= 11 is 17.2. The second-order valence-electron chi connectivity index (χ2n) is 28.2. The van der Waals surface area contributed by atoms with Gasteiger partial charge in [-0.25, -0.2) is 49.0 Å². The lowest BCUT2D eigenvalue weighted by Crippen LogP contribution is -2.51. The number of phosphoric acid groups is 1. The van der Waals surface area contributed by atoms with Gasteiger partial charge in [-0.05, 0) is 69.5 Å². The number of aryl methyl sites for hydroxylation is 2. The standard InChI is InChI=1S/C61H83N21O28P4S3/c1-8-29-30(13-33(102-29)80-22-71-34-47(64)67-20-69-49(34)80)107-114(91,117)99-19-61-28(5)100-41(55(105-61)79-15-26(3)46(63)75-59(79)86)43(61)109-111(87,88)98-18-60-27(4)101-42(56(106-60)81-23-72-35-48(65)68-21-70-50(35)81)44(60)110-113(90,116)97-17-32-38(40(95-12-10-93-7)54(104-32)82-24-73-36-51(82)76-57(66)77-52(36)84)108-112(89,115)96-16-31-37(83)39(94-11-9-92-6)53(103-31)78-14-25(2)45(62)74-58(78)85/h14-15,20-24,27-33,37-44,53-56,83H,8-13,16-19H2,1-7H3,(H,87,88)(H,89,115)(H,90,116)(H,91,117)(H2,62,74,85)(H2,63,75,86)(H2,64,67,69)(H2,65,68,70)(H3,66,76,77,84). The van der Waals surface area contributed by atoms with E-state index in [4.69, 9.17) is 152 Å². The number of aliphatic hydroxyl groups is 1. The Bertz CT molecular complexity index is 5450. The lowest BCUT2D eigenvalue weighted by atomic mass is 9.94. The molecule has 4 bridgehead atoms. The molecule has 8 aromatic heterocycles. The van der Waals surface area contributed by atoms with Crippen LogP contribution in [0.1, 0.15) is 75.9 Å². The molecular formula is C61H83N21O28P4S3. The molecule has 16 N–H and O–H groups in total. The molecule has 638 valence electrons. The van der Waals surface area contributed by atoms with Crippen molar-refractivity contribution in [1.82, 2.24) is 77.7 Å². The Kier molecular flexibility index (Phi) is 24.3. The van der Waals surface area contributed by atoms with Crippen LogP contribution in [0.2, 0.25) is 0 Å². The van der Waals surface area contributed by atoms with Gasteiger partial charge < -0.3 is 124 Å². The van der Waals surface area contributed by atoms with Gasteiger partial charge in [-0.1, -0.05) is 6.92 Å². The van der Waals surface area contributed by atoms with E-state index >= 15 is 4.57 Å². The number of hydrogen-bond donors (Lipinski definition) is 11. The minimum absolute atomic E-state index is 0.0314. The number of nitrogens with one attached hydrogen (secondary N) is 1. The highest BCUT2D eigenvalue weighted by atomic mass is 32.5. The second-order valence-corrected chi connectivity index (χ2v) is 38.0. The molecule has 0 saturated carbocycles. The van der Waals surface area contributed by atoms with Crippen LogP contribution in [0.25, 0.3) is 33.5 Å². The van der Waals surface area contributed by atoms with Crippen molar-refractivity contribution in [3.05, 3.63) is 86.5 Å². The number of hydrogen-bond acceptors (Lipinski definition) is 42. The number of nitrogens with zero attached hydrogens (tertiary/aromatic N) is 15. The molecule has 25 atom stereocenters. The number of anilines is 5. The van der Waals surface area contributed by atoms with E-state index in [-0.39, 0.29) is 84.4 Å². The van der Waals surface area contributed by atoms with Crippen LogP contribution in [0.3, 0.4) is 0 Å². The molecule has 0 radical (unpaired) electrons.